The summed E-state index contributed by atoms with van der Waals surface area (Å²) in [5.74, 6) is 0.0400. The lowest BCUT2D eigenvalue weighted by Gasteiger charge is -2.37. The topological polar surface area (TPSA) is 68.3 Å². The first-order valence-electron chi connectivity index (χ1n) is 10.2. The van der Waals surface area contributed by atoms with E-state index in [-0.39, 0.29) is 24.0 Å². The van der Waals surface area contributed by atoms with Crippen LogP contribution in [0.3, 0.4) is 0 Å². The van der Waals surface area contributed by atoms with Crippen molar-refractivity contribution >= 4 is 17.4 Å². The van der Waals surface area contributed by atoms with Crippen LogP contribution >= 0.6 is 0 Å². The van der Waals surface area contributed by atoms with Crippen LogP contribution in [0.4, 0.5) is 0 Å². The smallest absolute Gasteiger partial charge is 0.277 e. The van der Waals surface area contributed by atoms with E-state index >= 15 is 0 Å². The molecule has 0 N–H and O–H groups in total. The maximum absolute atomic E-state index is 13.4. The fourth-order valence-electron chi connectivity index (χ4n) is 3.98. The number of nitrogens with zero attached hydrogens (tertiary/aromatic N) is 2. The summed E-state index contributed by atoms with van der Waals surface area (Å²) < 4.78 is 16.7. The molecule has 29 heavy (non-hydrogen) atoms. The third-order valence-corrected chi connectivity index (χ3v) is 5.13. The van der Waals surface area contributed by atoms with Crippen LogP contribution in [-0.4, -0.2) is 73.8 Å². The van der Waals surface area contributed by atoms with Gasteiger partial charge in [-0.25, -0.2) is 0 Å². The minimum Gasteiger partial charge on any atom is -0.496 e. The van der Waals surface area contributed by atoms with E-state index in [9.17, 15) is 9.59 Å². The number of amides is 2. The van der Waals surface area contributed by atoms with Crippen molar-refractivity contribution in [1.29, 1.82) is 0 Å². The number of morpholine rings is 1. The second-order valence-electron chi connectivity index (χ2n) is 7.40. The lowest BCUT2D eigenvalue weighted by molar-refractivity contribution is -0.138. The maximum Gasteiger partial charge on any atom is 0.277 e. The molecule has 0 aromatic heterocycles. The quantitative estimate of drug-likeness (QED) is 0.491. The largest absolute Gasteiger partial charge is 0.496 e. The molecule has 1 aromatic rings. The normalized spacial score (nSPS) is 22.6. The lowest BCUT2D eigenvalue weighted by atomic mass is 10.0. The second kappa shape index (κ2) is 9.41. The van der Waals surface area contributed by atoms with E-state index in [4.69, 9.17) is 14.2 Å². The Morgan fingerprint density at radius 3 is 2.45 bits per heavy atom. The summed E-state index contributed by atoms with van der Waals surface area (Å²) in [6, 6.07) is 7.33. The van der Waals surface area contributed by atoms with Gasteiger partial charge in [0.25, 0.3) is 11.8 Å². The first-order chi connectivity index (χ1) is 14.0. The summed E-state index contributed by atoms with van der Waals surface area (Å²) in [5.41, 5.74) is 1.49. The number of hydrogen-bond donors (Lipinski definition) is 0. The van der Waals surface area contributed by atoms with Gasteiger partial charge < -0.3 is 19.1 Å². The van der Waals surface area contributed by atoms with Crippen LogP contribution in [-0.2, 0) is 19.1 Å². The van der Waals surface area contributed by atoms with Crippen molar-refractivity contribution in [2.75, 3.05) is 40.0 Å². The molecule has 1 aromatic carbocycles. The Morgan fingerprint density at radius 1 is 1.10 bits per heavy atom. The number of methoxy groups -OCH3 is 1. The molecule has 2 aliphatic heterocycles. The van der Waals surface area contributed by atoms with Crippen molar-refractivity contribution in [3.8, 4) is 5.75 Å². The van der Waals surface area contributed by atoms with E-state index in [1.807, 2.05) is 43.9 Å². The van der Waals surface area contributed by atoms with Crippen LogP contribution in [0.25, 0.3) is 5.57 Å². The number of rotatable bonds is 8. The molecular weight excluding hydrogens is 372 g/mol. The molecular formula is C22H30N2O5. The molecule has 2 atom stereocenters. The summed E-state index contributed by atoms with van der Waals surface area (Å²) in [6.07, 6.45) is 0.549. The number of hydrogen-bond acceptors (Lipinski definition) is 6. The number of carbonyl (C=O) groups is 2. The van der Waals surface area contributed by atoms with Crippen LogP contribution in [0.2, 0.25) is 0 Å². The van der Waals surface area contributed by atoms with Gasteiger partial charge in [-0.15, -0.1) is 0 Å². The predicted molar refractivity (Wildman–Crippen MR) is 109 cm³/mol. The Balaban J connectivity index is 2.00. The molecule has 0 radical (unpaired) electrons. The van der Waals surface area contributed by atoms with E-state index in [0.29, 0.717) is 61.9 Å². The van der Waals surface area contributed by atoms with Crippen molar-refractivity contribution in [3.05, 3.63) is 35.5 Å². The average Bonchev–Trinajstić information content (AvgIpc) is 2.94. The highest BCUT2D eigenvalue weighted by Gasteiger charge is 2.43. The monoisotopic (exact) mass is 402 g/mol. The van der Waals surface area contributed by atoms with Crippen molar-refractivity contribution < 1.29 is 23.8 Å². The molecule has 2 amide bonds. The molecule has 158 valence electrons. The third kappa shape index (κ3) is 4.46. The van der Waals surface area contributed by atoms with Gasteiger partial charge in [-0.1, -0.05) is 18.2 Å². The summed E-state index contributed by atoms with van der Waals surface area (Å²) in [5, 5.41) is 0. The molecule has 2 unspecified atom stereocenters. The second-order valence-corrected chi connectivity index (χ2v) is 7.40. The molecule has 1 fully saturated rings. The summed E-state index contributed by atoms with van der Waals surface area (Å²) in [4.78, 5) is 30.0. The predicted octanol–water partition coefficient (Wildman–Crippen LogP) is 2.31. The summed E-state index contributed by atoms with van der Waals surface area (Å²) in [7, 11) is 1.57. The first kappa shape index (κ1) is 21.3. The Morgan fingerprint density at radius 2 is 1.79 bits per heavy atom. The fourth-order valence-corrected chi connectivity index (χ4v) is 3.98. The SMILES string of the molecule is CCOCCCN1C(=O)C(c2ccccc2OC)=C(N2CC(C)OC(C)C2)C1=O. The van der Waals surface area contributed by atoms with Gasteiger partial charge in [0.15, 0.2) is 0 Å². The van der Waals surface area contributed by atoms with Crippen LogP contribution in [0, 0.1) is 0 Å². The molecule has 0 aliphatic carbocycles. The highest BCUT2D eigenvalue weighted by molar-refractivity contribution is 6.36. The average molecular weight is 402 g/mol. The van der Waals surface area contributed by atoms with Crippen LogP contribution < -0.4 is 4.74 Å². The van der Waals surface area contributed by atoms with Gasteiger partial charge in [-0.3, -0.25) is 14.5 Å². The van der Waals surface area contributed by atoms with Crippen LogP contribution in [0.5, 0.6) is 5.75 Å². The highest BCUT2D eigenvalue weighted by atomic mass is 16.5. The molecule has 7 heteroatoms. The minimum atomic E-state index is -0.280. The van der Waals surface area contributed by atoms with E-state index < -0.39 is 0 Å². The summed E-state index contributed by atoms with van der Waals surface area (Å²) in [6.45, 7) is 8.45. The van der Waals surface area contributed by atoms with Crippen LogP contribution in [0.15, 0.2) is 30.0 Å². The molecule has 3 rings (SSSR count). The zero-order valence-electron chi connectivity index (χ0n) is 17.6. The zero-order valence-corrected chi connectivity index (χ0v) is 17.6. The molecule has 0 spiro atoms. The Labute approximate surface area is 172 Å². The fraction of sp³-hybridized carbons (Fsp3) is 0.545. The first-order valence-corrected chi connectivity index (χ1v) is 10.2. The van der Waals surface area contributed by atoms with Crippen molar-refractivity contribution in [2.24, 2.45) is 0 Å². The van der Waals surface area contributed by atoms with Gasteiger partial charge in [0.1, 0.15) is 11.4 Å². The van der Waals surface area contributed by atoms with E-state index in [1.165, 1.54) is 4.90 Å². The molecule has 1 saturated heterocycles. The van der Waals surface area contributed by atoms with Crippen molar-refractivity contribution in [2.45, 2.75) is 39.4 Å². The Kier molecular flexibility index (Phi) is 6.92. The molecule has 0 bridgehead atoms. The Bertz CT molecular complexity index is 781. The number of carbonyl (C=O) groups excluding carboxylic acids is 2. The number of imide groups is 1. The van der Waals surface area contributed by atoms with E-state index in [1.54, 1.807) is 13.2 Å². The van der Waals surface area contributed by atoms with Gasteiger partial charge in [-0.2, -0.15) is 0 Å². The zero-order chi connectivity index (χ0) is 21.0. The molecule has 0 saturated carbocycles. The van der Waals surface area contributed by atoms with Gasteiger partial charge in [0.05, 0.1) is 24.9 Å². The standard InChI is InChI=1S/C22H30N2O5/c1-5-28-12-8-11-24-21(25)19(17-9-6-7-10-18(17)27-4)20(22(24)26)23-13-15(2)29-16(3)14-23/h6-7,9-10,15-16H,5,8,11-14H2,1-4H3. The maximum atomic E-state index is 13.4. The summed E-state index contributed by atoms with van der Waals surface area (Å²) >= 11 is 0. The van der Waals surface area contributed by atoms with Crippen LogP contribution in [0.1, 0.15) is 32.8 Å². The van der Waals surface area contributed by atoms with Gasteiger partial charge in [-0.05, 0) is 33.3 Å². The lowest BCUT2D eigenvalue weighted by Crippen LogP contribution is -2.47. The van der Waals surface area contributed by atoms with Gasteiger partial charge >= 0.3 is 0 Å². The number of para-hydroxylation sites is 1. The van der Waals surface area contributed by atoms with E-state index in [2.05, 4.69) is 0 Å². The van der Waals surface area contributed by atoms with Gasteiger partial charge in [0.2, 0.25) is 0 Å². The van der Waals surface area contributed by atoms with Gasteiger partial charge in [0, 0.05) is 38.4 Å². The molecule has 2 heterocycles. The third-order valence-electron chi connectivity index (χ3n) is 5.13. The van der Waals surface area contributed by atoms with Crippen molar-refractivity contribution in [1.82, 2.24) is 9.80 Å². The number of benzene rings is 1. The highest BCUT2D eigenvalue weighted by Crippen LogP contribution is 2.37. The molecule has 2 aliphatic rings. The Hall–Kier alpha value is -2.38. The minimum absolute atomic E-state index is 0.0277. The van der Waals surface area contributed by atoms with Crippen molar-refractivity contribution in [3.63, 3.8) is 0 Å². The van der Waals surface area contributed by atoms with E-state index in [0.717, 1.165) is 0 Å². The number of ether oxygens (including phenoxy) is 3. The molecule has 7 nitrogen and oxygen atoms in total.